The molecule has 1 aromatic heterocycles. The van der Waals surface area contributed by atoms with Crippen molar-refractivity contribution in [3.8, 4) is 5.69 Å². The van der Waals surface area contributed by atoms with Crippen molar-refractivity contribution in [2.24, 2.45) is 0 Å². The number of aromatic nitrogens is 3. The molecule has 31 heavy (non-hydrogen) atoms. The number of hydrogen-bond acceptors (Lipinski definition) is 5. The summed E-state index contributed by atoms with van der Waals surface area (Å²) < 4.78 is 28.4. The highest BCUT2D eigenvalue weighted by Gasteiger charge is 2.48. The maximum absolute atomic E-state index is 13.5. The van der Waals surface area contributed by atoms with Crippen LogP contribution in [-0.4, -0.2) is 50.9 Å². The summed E-state index contributed by atoms with van der Waals surface area (Å²) in [7, 11) is 0. The minimum atomic E-state index is -0.650. The van der Waals surface area contributed by atoms with Gasteiger partial charge in [-0.15, -0.1) is 5.10 Å². The zero-order chi connectivity index (χ0) is 21.1. The maximum Gasteiger partial charge on any atom is 0.246 e. The van der Waals surface area contributed by atoms with Crippen LogP contribution in [0.1, 0.15) is 27.7 Å². The number of rotatable bonds is 5. The fraction of sp³-hybridized carbons (Fsp3) is 0.391. The lowest BCUT2D eigenvalue weighted by molar-refractivity contribution is 0.229. The van der Waals surface area contributed by atoms with Crippen molar-refractivity contribution < 1.29 is 11.6 Å². The Morgan fingerprint density at radius 3 is 2.45 bits per heavy atom. The molecule has 1 N–H and O–H groups in total. The summed E-state index contributed by atoms with van der Waals surface area (Å²) >= 11 is 0. The normalized spacial score (nSPS) is 23.0. The van der Waals surface area contributed by atoms with Crippen LogP contribution in [0.2, 0.25) is 0 Å². The molecule has 6 nitrogen and oxygen atoms in total. The molecule has 3 fully saturated rings. The number of fused-ring (bicyclic) bond motifs is 2. The molecule has 2 aliphatic heterocycles. The van der Waals surface area contributed by atoms with Gasteiger partial charge >= 0.3 is 0 Å². The molecule has 164 valence electrons. The molecule has 1 unspecified atom stereocenters. The summed E-state index contributed by atoms with van der Waals surface area (Å²) in [6, 6.07) is 11.8. The molecule has 2 aromatic carbocycles. The molecule has 2 atom stereocenters. The SMILES string of the molecule is Cc1cc(Nc2ncn(-c3cc(F)cc(F)c3)n2)cc(N2C[C@@H]3CC2CN3C2CC2)c1.[HH].[HH]. The number of anilines is 3. The number of likely N-dealkylation sites (tertiary alicyclic amines) is 1. The van der Waals surface area contributed by atoms with Crippen LogP contribution in [-0.2, 0) is 0 Å². The second-order valence-electron chi connectivity index (χ2n) is 8.95. The smallest absolute Gasteiger partial charge is 0.246 e. The Balaban J connectivity index is 0.00000130. The van der Waals surface area contributed by atoms with Gasteiger partial charge in [0.15, 0.2) is 0 Å². The van der Waals surface area contributed by atoms with E-state index in [-0.39, 0.29) is 8.54 Å². The van der Waals surface area contributed by atoms with Crippen LogP contribution in [0.5, 0.6) is 0 Å². The predicted molar refractivity (Wildman–Crippen MR) is 119 cm³/mol. The third kappa shape index (κ3) is 3.54. The summed E-state index contributed by atoms with van der Waals surface area (Å²) in [6.07, 6.45) is 5.43. The third-order valence-electron chi connectivity index (χ3n) is 6.55. The van der Waals surface area contributed by atoms with Crippen molar-refractivity contribution in [2.45, 2.75) is 44.3 Å². The molecule has 0 spiro atoms. The molecule has 3 heterocycles. The second-order valence-corrected chi connectivity index (χ2v) is 8.95. The summed E-state index contributed by atoms with van der Waals surface area (Å²) in [5.74, 6) is -0.920. The Kier molecular flexibility index (Phi) is 4.24. The molecule has 8 heteroatoms. The van der Waals surface area contributed by atoms with Crippen LogP contribution in [0.3, 0.4) is 0 Å². The number of aryl methyl sites for hydroxylation is 1. The topological polar surface area (TPSA) is 49.2 Å². The molecule has 1 aliphatic carbocycles. The maximum atomic E-state index is 13.5. The number of piperazine rings is 1. The molecule has 0 radical (unpaired) electrons. The van der Waals surface area contributed by atoms with Crippen molar-refractivity contribution in [3.63, 3.8) is 0 Å². The highest BCUT2D eigenvalue weighted by Crippen LogP contribution is 2.41. The van der Waals surface area contributed by atoms with Gasteiger partial charge in [-0.25, -0.2) is 13.5 Å². The molecule has 3 aromatic rings. The van der Waals surface area contributed by atoms with E-state index in [1.165, 1.54) is 54.6 Å². The van der Waals surface area contributed by atoms with E-state index in [2.05, 4.69) is 50.3 Å². The van der Waals surface area contributed by atoms with E-state index in [9.17, 15) is 8.78 Å². The van der Waals surface area contributed by atoms with Crippen molar-refractivity contribution >= 4 is 17.3 Å². The van der Waals surface area contributed by atoms with Gasteiger partial charge in [-0.3, -0.25) is 4.90 Å². The average molecular weight is 427 g/mol. The fourth-order valence-corrected chi connectivity index (χ4v) is 5.11. The predicted octanol–water partition coefficient (Wildman–Crippen LogP) is 4.51. The Morgan fingerprint density at radius 1 is 0.935 bits per heavy atom. The lowest BCUT2D eigenvalue weighted by Gasteiger charge is -2.36. The molecule has 0 amide bonds. The number of hydrogen-bond donors (Lipinski definition) is 1. The van der Waals surface area contributed by atoms with E-state index in [4.69, 9.17) is 0 Å². The van der Waals surface area contributed by atoms with E-state index >= 15 is 0 Å². The monoisotopic (exact) mass is 426 g/mol. The fourth-order valence-electron chi connectivity index (χ4n) is 5.11. The second kappa shape index (κ2) is 7.02. The van der Waals surface area contributed by atoms with Crippen LogP contribution in [0.25, 0.3) is 5.69 Å². The van der Waals surface area contributed by atoms with Gasteiger partial charge in [0, 0.05) is 51.5 Å². The van der Waals surface area contributed by atoms with Gasteiger partial charge in [-0.2, -0.15) is 4.98 Å². The number of halogens is 2. The van der Waals surface area contributed by atoms with E-state index in [0.717, 1.165) is 29.9 Å². The van der Waals surface area contributed by atoms with Gasteiger partial charge in [-0.1, -0.05) is 0 Å². The summed E-state index contributed by atoms with van der Waals surface area (Å²) in [6.45, 7) is 4.34. The van der Waals surface area contributed by atoms with Gasteiger partial charge < -0.3 is 10.2 Å². The average Bonchev–Trinajstić information content (AvgIpc) is 3.14. The van der Waals surface area contributed by atoms with Gasteiger partial charge in [-0.05, 0) is 62.1 Å². The summed E-state index contributed by atoms with van der Waals surface area (Å²) in [5.41, 5.74) is 3.57. The molecule has 2 saturated heterocycles. The van der Waals surface area contributed by atoms with Crippen molar-refractivity contribution in [1.29, 1.82) is 0 Å². The van der Waals surface area contributed by atoms with Crippen LogP contribution >= 0.6 is 0 Å². The largest absolute Gasteiger partial charge is 0.366 e. The first-order chi connectivity index (χ1) is 15.0. The van der Waals surface area contributed by atoms with Crippen molar-refractivity contribution in [3.05, 3.63) is 59.9 Å². The molecular weight excluding hydrogens is 398 g/mol. The first kappa shape index (κ1) is 18.7. The third-order valence-corrected chi connectivity index (χ3v) is 6.55. The highest BCUT2D eigenvalue weighted by atomic mass is 19.1. The first-order valence-electron chi connectivity index (χ1n) is 10.8. The Labute approximate surface area is 182 Å². The van der Waals surface area contributed by atoms with E-state index in [0.29, 0.717) is 18.0 Å². The molecule has 1 saturated carbocycles. The Bertz CT molecular complexity index is 1130. The van der Waals surface area contributed by atoms with Crippen LogP contribution in [0.15, 0.2) is 42.7 Å². The van der Waals surface area contributed by atoms with E-state index in [1.54, 1.807) is 0 Å². The summed E-state index contributed by atoms with van der Waals surface area (Å²) in [5, 5.41) is 7.57. The van der Waals surface area contributed by atoms with Crippen LogP contribution in [0.4, 0.5) is 26.1 Å². The first-order valence-corrected chi connectivity index (χ1v) is 10.8. The lowest BCUT2D eigenvalue weighted by Crippen LogP contribution is -2.47. The zero-order valence-corrected chi connectivity index (χ0v) is 17.3. The Hall–Kier alpha value is -3.00. The number of benzene rings is 2. The van der Waals surface area contributed by atoms with Gasteiger partial charge in [0.1, 0.15) is 18.0 Å². The molecule has 6 rings (SSSR count). The van der Waals surface area contributed by atoms with Crippen molar-refractivity contribution in [1.82, 2.24) is 19.7 Å². The number of nitrogens with one attached hydrogen (secondary N) is 1. The highest BCUT2D eigenvalue weighted by molar-refractivity contribution is 5.65. The van der Waals surface area contributed by atoms with E-state index in [1.807, 2.05) is 0 Å². The van der Waals surface area contributed by atoms with Gasteiger partial charge in [0.2, 0.25) is 5.95 Å². The van der Waals surface area contributed by atoms with Crippen molar-refractivity contribution in [2.75, 3.05) is 23.3 Å². The standard InChI is InChI=1S/C23H24F2N6.2H2/c1-14-4-17(27-23-26-13-31(28-23)20-7-15(24)6-16(25)8-20)9-19(5-14)30-12-21-10-22(30)11-29(21)18-2-3-18;;/h4-9,13,18,21-22H,2-3,10-12H2,1H3,(H,27,28);2*1H/t21-,22?;;/m0../s1. The van der Waals surface area contributed by atoms with Crippen LogP contribution in [0, 0.1) is 18.6 Å². The molecule has 3 aliphatic rings. The zero-order valence-electron chi connectivity index (χ0n) is 17.3. The van der Waals surface area contributed by atoms with Gasteiger partial charge in [0.25, 0.3) is 0 Å². The molecule has 2 bridgehead atoms. The van der Waals surface area contributed by atoms with E-state index < -0.39 is 11.6 Å². The minimum Gasteiger partial charge on any atom is -0.366 e. The molecular formula is C23H28F2N6. The quantitative estimate of drug-likeness (QED) is 0.650. The minimum absolute atomic E-state index is 0. The van der Waals surface area contributed by atoms with Gasteiger partial charge in [0.05, 0.1) is 5.69 Å². The lowest BCUT2D eigenvalue weighted by atomic mass is 10.1. The van der Waals surface area contributed by atoms with Crippen LogP contribution < -0.4 is 10.2 Å². The number of nitrogens with zero attached hydrogens (tertiary/aromatic N) is 5. The Morgan fingerprint density at radius 2 is 1.74 bits per heavy atom. The summed E-state index contributed by atoms with van der Waals surface area (Å²) in [4.78, 5) is 9.50.